The van der Waals surface area contributed by atoms with Gasteiger partial charge >= 0.3 is 0 Å². The van der Waals surface area contributed by atoms with Gasteiger partial charge in [0.2, 0.25) is 5.95 Å². The number of sulfonamides is 1. The molecule has 4 rings (SSSR count). The van der Waals surface area contributed by atoms with Crippen molar-refractivity contribution in [2.45, 2.75) is 32.6 Å². The van der Waals surface area contributed by atoms with E-state index in [1.165, 1.54) is 0 Å². The van der Waals surface area contributed by atoms with Crippen molar-refractivity contribution in [3.8, 4) is 0 Å². The van der Waals surface area contributed by atoms with Crippen LogP contribution in [0, 0.1) is 27.7 Å². The van der Waals surface area contributed by atoms with E-state index in [0.717, 1.165) is 47.0 Å². The van der Waals surface area contributed by atoms with Crippen LogP contribution in [-0.2, 0) is 14.8 Å². The lowest BCUT2D eigenvalue weighted by Crippen LogP contribution is -2.36. The average Bonchev–Trinajstić information content (AvgIpc) is 2.74. The summed E-state index contributed by atoms with van der Waals surface area (Å²) >= 11 is 0. The van der Waals surface area contributed by atoms with Crippen LogP contribution in [0.1, 0.15) is 22.4 Å². The van der Waals surface area contributed by atoms with Crippen LogP contribution in [0.25, 0.3) is 0 Å². The van der Waals surface area contributed by atoms with E-state index < -0.39 is 10.0 Å². The monoisotopic (exact) mass is 467 g/mol. The van der Waals surface area contributed by atoms with E-state index >= 15 is 0 Å². The zero-order valence-electron chi connectivity index (χ0n) is 19.3. The summed E-state index contributed by atoms with van der Waals surface area (Å²) in [5, 5.41) is 3.21. The molecule has 1 aromatic heterocycles. The summed E-state index contributed by atoms with van der Waals surface area (Å²) in [6, 6.07) is 12.8. The third kappa shape index (κ3) is 5.43. The van der Waals surface area contributed by atoms with Gasteiger partial charge in [0.1, 0.15) is 5.82 Å². The van der Waals surface area contributed by atoms with E-state index in [-0.39, 0.29) is 0 Å². The van der Waals surface area contributed by atoms with Gasteiger partial charge < -0.3 is 15.0 Å². The Balaban J connectivity index is 1.50. The Morgan fingerprint density at radius 3 is 2.12 bits per heavy atom. The Hall–Kier alpha value is -3.17. The SMILES string of the molecule is Cc1cc(C)c(S(=O)(=O)Nc2ccc(Nc3nc(C)cc(N4CCOCC4)n3)cc2)c(C)c1. The molecule has 0 amide bonds. The first kappa shape index (κ1) is 23.0. The Bertz CT molecular complexity index is 1230. The largest absolute Gasteiger partial charge is 0.378 e. The lowest BCUT2D eigenvalue weighted by molar-refractivity contribution is 0.122. The average molecular weight is 468 g/mol. The Labute approximate surface area is 195 Å². The maximum atomic E-state index is 13.0. The lowest BCUT2D eigenvalue weighted by Gasteiger charge is -2.28. The molecule has 1 saturated heterocycles. The number of nitrogens with one attached hydrogen (secondary N) is 2. The predicted octanol–water partition coefficient (Wildman–Crippen LogP) is 4.09. The summed E-state index contributed by atoms with van der Waals surface area (Å²) < 4.78 is 34.1. The fourth-order valence-electron chi connectivity index (χ4n) is 4.11. The Morgan fingerprint density at radius 1 is 0.879 bits per heavy atom. The summed E-state index contributed by atoms with van der Waals surface area (Å²) in [5.74, 6) is 1.36. The third-order valence-electron chi connectivity index (χ3n) is 5.44. The molecule has 3 aromatic rings. The summed E-state index contributed by atoms with van der Waals surface area (Å²) in [5.41, 5.74) is 4.60. The highest BCUT2D eigenvalue weighted by atomic mass is 32.2. The maximum Gasteiger partial charge on any atom is 0.262 e. The molecule has 2 N–H and O–H groups in total. The van der Waals surface area contributed by atoms with Gasteiger partial charge in [-0.2, -0.15) is 4.98 Å². The molecule has 0 atom stereocenters. The molecule has 33 heavy (non-hydrogen) atoms. The molecule has 174 valence electrons. The standard InChI is InChI=1S/C24H29N5O3S/c1-16-13-17(2)23(18(3)14-16)33(30,31)28-21-7-5-20(6-8-21)26-24-25-19(4)15-22(27-24)29-9-11-32-12-10-29/h5-8,13-15,28H,9-12H2,1-4H3,(H,25,26,27). The van der Waals surface area contributed by atoms with Crippen molar-refractivity contribution in [3.63, 3.8) is 0 Å². The molecular formula is C24H29N5O3S. The van der Waals surface area contributed by atoms with Crippen molar-refractivity contribution in [2.24, 2.45) is 0 Å². The topological polar surface area (TPSA) is 96.5 Å². The first-order valence-corrected chi connectivity index (χ1v) is 12.4. The van der Waals surface area contributed by atoms with Crippen molar-refractivity contribution >= 4 is 33.2 Å². The van der Waals surface area contributed by atoms with Crippen LogP contribution in [0.5, 0.6) is 0 Å². The second-order valence-electron chi connectivity index (χ2n) is 8.33. The zero-order chi connectivity index (χ0) is 23.6. The lowest BCUT2D eigenvalue weighted by atomic mass is 10.1. The van der Waals surface area contributed by atoms with Crippen molar-refractivity contribution < 1.29 is 13.2 Å². The van der Waals surface area contributed by atoms with Crippen LogP contribution in [0.3, 0.4) is 0 Å². The van der Waals surface area contributed by atoms with E-state index in [9.17, 15) is 8.42 Å². The third-order valence-corrected chi connectivity index (χ3v) is 7.13. The summed E-state index contributed by atoms with van der Waals surface area (Å²) in [6.45, 7) is 10.5. The predicted molar refractivity (Wildman–Crippen MR) is 131 cm³/mol. The van der Waals surface area contributed by atoms with Crippen LogP contribution < -0.4 is 14.9 Å². The van der Waals surface area contributed by atoms with Gasteiger partial charge in [-0.25, -0.2) is 13.4 Å². The molecule has 1 fully saturated rings. The summed E-state index contributed by atoms with van der Waals surface area (Å²) in [7, 11) is -3.70. The molecular weight excluding hydrogens is 438 g/mol. The molecule has 0 saturated carbocycles. The molecule has 0 bridgehead atoms. The molecule has 0 radical (unpaired) electrons. The van der Waals surface area contributed by atoms with Gasteiger partial charge in [0, 0.05) is 36.2 Å². The van der Waals surface area contributed by atoms with Crippen molar-refractivity contribution in [2.75, 3.05) is 41.2 Å². The van der Waals surface area contributed by atoms with E-state index in [2.05, 4.69) is 24.9 Å². The second kappa shape index (κ2) is 9.36. The fourth-order valence-corrected chi connectivity index (χ4v) is 5.62. The number of hydrogen-bond donors (Lipinski definition) is 2. The number of ether oxygens (including phenoxy) is 1. The van der Waals surface area contributed by atoms with Gasteiger partial charge in [0.25, 0.3) is 10.0 Å². The minimum Gasteiger partial charge on any atom is -0.378 e. The van der Waals surface area contributed by atoms with Crippen molar-refractivity contribution in [1.82, 2.24) is 9.97 Å². The Morgan fingerprint density at radius 2 is 1.48 bits per heavy atom. The highest BCUT2D eigenvalue weighted by Gasteiger charge is 2.20. The second-order valence-corrected chi connectivity index (χ2v) is 9.95. The number of morpholine rings is 1. The minimum atomic E-state index is -3.70. The fraction of sp³-hybridized carbons (Fsp3) is 0.333. The quantitative estimate of drug-likeness (QED) is 0.564. The molecule has 1 aliphatic rings. The molecule has 9 heteroatoms. The van der Waals surface area contributed by atoms with Crippen LogP contribution in [-0.4, -0.2) is 44.7 Å². The van der Waals surface area contributed by atoms with Gasteiger partial charge in [-0.1, -0.05) is 17.7 Å². The van der Waals surface area contributed by atoms with E-state index in [4.69, 9.17) is 4.74 Å². The summed E-state index contributed by atoms with van der Waals surface area (Å²) in [4.78, 5) is 11.6. The van der Waals surface area contributed by atoms with E-state index in [1.807, 2.05) is 45.9 Å². The van der Waals surface area contributed by atoms with Crippen molar-refractivity contribution in [1.29, 1.82) is 0 Å². The number of rotatable bonds is 6. The molecule has 2 heterocycles. The van der Waals surface area contributed by atoms with Gasteiger partial charge in [0.05, 0.1) is 18.1 Å². The number of nitrogens with zero attached hydrogens (tertiary/aromatic N) is 3. The maximum absolute atomic E-state index is 13.0. The number of anilines is 4. The van der Waals surface area contributed by atoms with Gasteiger partial charge in [0.15, 0.2) is 0 Å². The van der Waals surface area contributed by atoms with E-state index in [0.29, 0.717) is 29.7 Å². The molecule has 0 unspecified atom stereocenters. The highest BCUT2D eigenvalue weighted by Crippen LogP contribution is 2.26. The number of hydrogen-bond acceptors (Lipinski definition) is 7. The number of aryl methyl sites for hydroxylation is 4. The van der Waals surface area contributed by atoms with Gasteiger partial charge in [-0.3, -0.25) is 4.72 Å². The van der Waals surface area contributed by atoms with Crippen molar-refractivity contribution in [3.05, 3.63) is 64.8 Å². The first-order chi connectivity index (χ1) is 15.7. The smallest absolute Gasteiger partial charge is 0.262 e. The van der Waals surface area contributed by atoms with Gasteiger partial charge in [-0.05, 0) is 63.1 Å². The molecule has 0 aliphatic carbocycles. The van der Waals surface area contributed by atoms with Crippen LogP contribution >= 0.6 is 0 Å². The Kier molecular flexibility index (Phi) is 6.53. The number of aromatic nitrogens is 2. The van der Waals surface area contributed by atoms with E-state index in [1.54, 1.807) is 24.3 Å². The van der Waals surface area contributed by atoms with Crippen LogP contribution in [0.15, 0.2) is 47.4 Å². The first-order valence-electron chi connectivity index (χ1n) is 10.9. The molecule has 1 aliphatic heterocycles. The molecule has 8 nitrogen and oxygen atoms in total. The van der Waals surface area contributed by atoms with Gasteiger partial charge in [-0.15, -0.1) is 0 Å². The van der Waals surface area contributed by atoms with Crippen LogP contribution in [0.2, 0.25) is 0 Å². The number of benzene rings is 2. The molecule has 2 aromatic carbocycles. The normalized spacial score (nSPS) is 14.2. The minimum absolute atomic E-state index is 0.319. The molecule has 0 spiro atoms. The zero-order valence-corrected chi connectivity index (χ0v) is 20.2. The van der Waals surface area contributed by atoms with Crippen LogP contribution in [0.4, 0.5) is 23.1 Å². The highest BCUT2D eigenvalue weighted by molar-refractivity contribution is 7.92. The summed E-state index contributed by atoms with van der Waals surface area (Å²) in [6.07, 6.45) is 0.